The Morgan fingerprint density at radius 3 is 2.76 bits per heavy atom. The lowest BCUT2D eigenvalue weighted by atomic mass is 9.83. The van der Waals surface area contributed by atoms with Crippen molar-refractivity contribution in [1.82, 2.24) is 5.32 Å². The van der Waals surface area contributed by atoms with Crippen molar-refractivity contribution in [2.75, 3.05) is 6.54 Å². The predicted molar refractivity (Wildman–Crippen MR) is 84.5 cm³/mol. The zero-order valence-corrected chi connectivity index (χ0v) is 13.0. The van der Waals surface area contributed by atoms with Crippen molar-refractivity contribution in [2.24, 2.45) is 5.41 Å². The zero-order chi connectivity index (χ0) is 15.3. The van der Waals surface area contributed by atoms with Crippen molar-refractivity contribution in [1.29, 1.82) is 0 Å². The van der Waals surface area contributed by atoms with Gasteiger partial charge in [-0.25, -0.2) is 4.79 Å². The molecule has 0 atom stereocenters. The average Bonchev–Trinajstić information content (AvgIpc) is 3.12. The maximum atomic E-state index is 12.3. The summed E-state index contributed by atoms with van der Waals surface area (Å²) in [7, 11) is 0. The topological polar surface area (TPSA) is 66.4 Å². The molecule has 1 heterocycles. The summed E-state index contributed by atoms with van der Waals surface area (Å²) in [5, 5.41) is 13.5. The Balaban J connectivity index is 2.01. The molecule has 2 rings (SSSR count). The van der Waals surface area contributed by atoms with Crippen LogP contribution in [0.25, 0.3) is 6.08 Å². The maximum absolute atomic E-state index is 12.3. The summed E-state index contributed by atoms with van der Waals surface area (Å²) in [6, 6.07) is 1.77. The highest BCUT2D eigenvalue weighted by atomic mass is 32.1. The van der Waals surface area contributed by atoms with Crippen LogP contribution < -0.4 is 5.32 Å². The lowest BCUT2D eigenvalue weighted by Crippen LogP contribution is -2.35. The second kappa shape index (κ2) is 6.89. The third-order valence-electron chi connectivity index (χ3n) is 4.35. The molecule has 21 heavy (non-hydrogen) atoms. The molecule has 4 nitrogen and oxygen atoms in total. The van der Waals surface area contributed by atoms with Crippen LogP contribution >= 0.6 is 11.3 Å². The molecule has 0 radical (unpaired) electrons. The molecule has 1 amide bonds. The molecule has 0 saturated heterocycles. The van der Waals surface area contributed by atoms with Crippen molar-refractivity contribution in [3.8, 4) is 0 Å². The van der Waals surface area contributed by atoms with Crippen LogP contribution in [0.3, 0.4) is 0 Å². The number of nitrogens with one attached hydrogen (secondary N) is 1. The van der Waals surface area contributed by atoms with Crippen molar-refractivity contribution < 1.29 is 14.7 Å². The number of amides is 1. The van der Waals surface area contributed by atoms with E-state index < -0.39 is 5.97 Å². The van der Waals surface area contributed by atoms with E-state index >= 15 is 0 Å². The first-order valence-electron chi connectivity index (χ1n) is 7.33. The highest BCUT2D eigenvalue weighted by Crippen LogP contribution is 2.40. The van der Waals surface area contributed by atoms with Gasteiger partial charge in [-0.1, -0.05) is 19.8 Å². The lowest BCUT2D eigenvalue weighted by molar-refractivity contribution is -0.131. The predicted octanol–water partition coefficient (Wildman–Crippen LogP) is 3.55. The first-order chi connectivity index (χ1) is 10.1. The van der Waals surface area contributed by atoms with Gasteiger partial charge in [0.2, 0.25) is 0 Å². The van der Waals surface area contributed by atoms with Gasteiger partial charge in [0.05, 0.1) is 4.88 Å². The van der Waals surface area contributed by atoms with E-state index in [0.717, 1.165) is 12.5 Å². The highest BCUT2D eigenvalue weighted by Gasteiger charge is 2.32. The standard InChI is InChI=1S/C16H21NO3S/c1-2-16(8-3-4-9-16)11-17-15(20)14-12(7-10-21-14)5-6-13(18)19/h5-7,10H,2-4,8-9,11H2,1H3,(H,17,20)(H,18,19)/b6-5+. The van der Waals surface area contributed by atoms with E-state index in [1.54, 1.807) is 6.07 Å². The van der Waals surface area contributed by atoms with Crippen LogP contribution in [0.2, 0.25) is 0 Å². The smallest absolute Gasteiger partial charge is 0.328 e. The number of rotatable bonds is 6. The van der Waals surface area contributed by atoms with E-state index in [1.165, 1.54) is 43.1 Å². The molecule has 5 heteroatoms. The van der Waals surface area contributed by atoms with E-state index in [-0.39, 0.29) is 11.3 Å². The summed E-state index contributed by atoms with van der Waals surface area (Å²) in [4.78, 5) is 23.5. The fourth-order valence-corrected chi connectivity index (χ4v) is 3.73. The molecule has 1 fully saturated rings. The monoisotopic (exact) mass is 307 g/mol. The Labute approximate surface area is 128 Å². The minimum Gasteiger partial charge on any atom is -0.478 e. The van der Waals surface area contributed by atoms with Gasteiger partial charge >= 0.3 is 5.97 Å². The van der Waals surface area contributed by atoms with Crippen LogP contribution in [-0.2, 0) is 4.79 Å². The molecule has 1 saturated carbocycles. The number of aliphatic carboxylic acids is 1. The van der Waals surface area contributed by atoms with Crippen molar-refractivity contribution in [3.05, 3.63) is 28.0 Å². The molecule has 0 unspecified atom stereocenters. The fraction of sp³-hybridized carbons (Fsp3) is 0.500. The van der Waals surface area contributed by atoms with Gasteiger partial charge in [-0.15, -0.1) is 11.3 Å². The van der Waals surface area contributed by atoms with Crippen LogP contribution in [0.15, 0.2) is 17.5 Å². The third kappa shape index (κ3) is 3.94. The Kier molecular flexibility index (Phi) is 5.17. The van der Waals surface area contributed by atoms with Crippen molar-refractivity contribution in [2.45, 2.75) is 39.0 Å². The lowest BCUT2D eigenvalue weighted by Gasteiger charge is -2.27. The van der Waals surface area contributed by atoms with Crippen LogP contribution in [0.4, 0.5) is 0 Å². The summed E-state index contributed by atoms with van der Waals surface area (Å²) in [5.74, 6) is -1.11. The van der Waals surface area contributed by atoms with E-state index in [9.17, 15) is 9.59 Å². The summed E-state index contributed by atoms with van der Waals surface area (Å²) in [6.07, 6.45) is 8.47. The van der Waals surface area contributed by atoms with Crippen LogP contribution in [0.1, 0.15) is 54.3 Å². The average molecular weight is 307 g/mol. The molecule has 1 aromatic heterocycles. The maximum Gasteiger partial charge on any atom is 0.328 e. The Bertz CT molecular complexity index is 541. The second-order valence-electron chi connectivity index (χ2n) is 5.62. The molecule has 0 aliphatic heterocycles. The minimum absolute atomic E-state index is 0.102. The van der Waals surface area contributed by atoms with Gasteiger partial charge in [0.25, 0.3) is 5.91 Å². The number of carboxylic acid groups (broad SMARTS) is 1. The van der Waals surface area contributed by atoms with E-state index in [0.29, 0.717) is 17.0 Å². The Hall–Kier alpha value is -1.62. The number of carbonyl (C=O) groups excluding carboxylic acids is 1. The molecule has 1 aliphatic rings. The minimum atomic E-state index is -1.01. The number of carboxylic acids is 1. The summed E-state index contributed by atoms with van der Waals surface area (Å²) >= 11 is 1.34. The molecule has 114 valence electrons. The Morgan fingerprint density at radius 2 is 2.14 bits per heavy atom. The summed E-state index contributed by atoms with van der Waals surface area (Å²) in [5.41, 5.74) is 0.918. The van der Waals surface area contributed by atoms with Crippen molar-refractivity contribution in [3.63, 3.8) is 0 Å². The Morgan fingerprint density at radius 1 is 1.43 bits per heavy atom. The molecule has 2 N–H and O–H groups in total. The fourth-order valence-electron chi connectivity index (χ4n) is 2.92. The third-order valence-corrected chi connectivity index (χ3v) is 5.27. The molecule has 0 bridgehead atoms. The normalized spacial score (nSPS) is 17.2. The largest absolute Gasteiger partial charge is 0.478 e. The molecule has 0 aromatic carbocycles. The van der Waals surface area contributed by atoms with Gasteiger partial charge in [-0.2, -0.15) is 0 Å². The van der Waals surface area contributed by atoms with Gasteiger partial charge in [0.1, 0.15) is 0 Å². The van der Waals surface area contributed by atoms with Crippen molar-refractivity contribution >= 4 is 29.3 Å². The SMILES string of the molecule is CCC1(CNC(=O)c2sccc2/C=C/C(=O)O)CCCC1. The van der Waals surface area contributed by atoms with Gasteiger partial charge in [0, 0.05) is 12.6 Å². The zero-order valence-electron chi connectivity index (χ0n) is 12.2. The van der Waals surface area contributed by atoms with Gasteiger partial charge in [0.15, 0.2) is 0 Å². The molecular formula is C16H21NO3S. The first kappa shape index (κ1) is 15.8. The molecular weight excluding hydrogens is 286 g/mol. The second-order valence-corrected chi connectivity index (χ2v) is 6.54. The first-order valence-corrected chi connectivity index (χ1v) is 8.21. The van der Waals surface area contributed by atoms with Gasteiger partial charge in [-0.05, 0) is 47.8 Å². The van der Waals surface area contributed by atoms with E-state index in [1.807, 2.05) is 5.38 Å². The summed E-state index contributed by atoms with van der Waals surface area (Å²) < 4.78 is 0. The molecule has 1 aromatic rings. The van der Waals surface area contributed by atoms with Gasteiger partial charge in [-0.3, -0.25) is 4.79 Å². The van der Waals surface area contributed by atoms with E-state index in [2.05, 4.69) is 12.2 Å². The molecule has 1 aliphatic carbocycles. The number of thiophene rings is 1. The van der Waals surface area contributed by atoms with Gasteiger partial charge < -0.3 is 10.4 Å². The van der Waals surface area contributed by atoms with Crippen LogP contribution in [0, 0.1) is 5.41 Å². The van der Waals surface area contributed by atoms with E-state index in [4.69, 9.17) is 5.11 Å². The number of carbonyl (C=O) groups is 2. The highest BCUT2D eigenvalue weighted by molar-refractivity contribution is 7.12. The summed E-state index contributed by atoms with van der Waals surface area (Å²) in [6.45, 7) is 2.89. The van der Waals surface area contributed by atoms with Crippen LogP contribution in [-0.4, -0.2) is 23.5 Å². The number of hydrogen-bond acceptors (Lipinski definition) is 3. The molecule has 0 spiro atoms. The van der Waals surface area contributed by atoms with Crippen LogP contribution in [0.5, 0.6) is 0 Å². The number of hydrogen-bond donors (Lipinski definition) is 2. The quantitative estimate of drug-likeness (QED) is 0.790.